The molecule has 1 atom stereocenters. The topological polar surface area (TPSA) is 37.5 Å². The Morgan fingerprint density at radius 3 is 2.32 bits per heavy atom. The average molecular weight is 382 g/mol. The number of fused-ring (bicyclic) bond motifs is 1. The minimum absolute atomic E-state index is 0.0935. The third-order valence-corrected chi connectivity index (χ3v) is 6.57. The first-order valence-electron chi connectivity index (χ1n) is 10.2. The van der Waals surface area contributed by atoms with Crippen LogP contribution in [0.3, 0.4) is 0 Å². The Hall–Kier alpha value is -2.27. The van der Waals surface area contributed by atoms with E-state index in [0.29, 0.717) is 11.5 Å². The van der Waals surface area contributed by atoms with Gasteiger partial charge in [-0.2, -0.15) is 0 Å². The molecule has 3 aromatic rings. The summed E-state index contributed by atoms with van der Waals surface area (Å²) in [6.07, 6.45) is 8.70. The molecule has 0 unspecified atom stereocenters. The van der Waals surface area contributed by atoms with Gasteiger partial charge in [0.25, 0.3) is 0 Å². The van der Waals surface area contributed by atoms with Crippen LogP contribution in [0.15, 0.2) is 42.9 Å². The molecule has 3 nitrogen and oxygen atoms in total. The summed E-state index contributed by atoms with van der Waals surface area (Å²) in [4.78, 5) is 4.26. The van der Waals surface area contributed by atoms with E-state index in [1.807, 2.05) is 10.6 Å². The predicted octanol–water partition coefficient (Wildman–Crippen LogP) is 5.50. The molecular formula is C23H24F2N2O. The Morgan fingerprint density at radius 2 is 1.61 bits per heavy atom. The predicted molar refractivity (Wildman–Crippen MR) is 103 cm³/mol. The fourth-order valence-corrected chi connectivity index (χ4v) is 4.88. The molecule has 2 aliphatic rings. The van der Waals surface area contributed by atoms with E-state index in [1.54, 1.807) is 12.4 Å². The molecule has 2 aliphatic carbocycles. The first kappa shape index (κ1) is 17.8. The smallest absolute Gasteiger partial charge is 0.129 e. The zero-order valence-corrected chi connectivity index (χ0v) is 15.7. The molecule has 0 bridgehead atoms. The van der Waals surface area contributed by atoms with E-state index < -0.39 is 17.7 Å². The second-order valence-corrected chi connectivity index (χ2v) is 8.36. The highest BCUT2D eigenvalue weighted by Gasteiger charge is 2.34. The molecule has 2 heterocycles. The number of aromatic nitrogens is 2. The Morgan fingerprint density at radius 1 is 0.929 bits per heavy atom. The molecule has 0 radical (unpaired) electrons. The Bertz CT molecular complexity index is 1000. The maximum atomic E-state index is 14.1. The van der Waals surface area contributed by atoms with Gasteiger partial charge in [0.1, 0.15) is 11.6 Å². The van der Waals surface area contributed by atoms with Gasteiger partial charge in [-0.05, 0) is 79.5 Å². The number of rotatable bonds is 4. The molecular weight excluding hydrogens is 358 g/mol. The standard InChI is InChI=1S/C23H24F2N2O/c24-17-7-9-19(21(25)11-17)14-3-5-16(6-4-14)23(28)22-20(15-1-2-15)10-8-18-12-26-13-27(18)22/h7-16,23,28H,1-6H2/t14?,16?,23-/m1/s1. The van der Waals surface area contributed by atoms with Crippen molar-refractivity contribution in [2.24, 2.45) is 5.92 Å². The van der Waals surface area contributed by atoms with E-state index in [-0.39, 0.29) is 11.8 Å². The molecule has 2 aromatic heterocycles. The Balaban J connectivity index is 1.38. The van der Waals surface area contributed by atoms with Crippen molar-refractivity contribution >= 4 is 5.52 Å². The molecule has 5 heteroatoms. The van der Waals surface area contributed by atoms with Gasteiger partial charge in [-0.15, -0.1) is 0 Å². The summed E-state index contributed by atoms with van der Waals surface area (Å²) in [6.45, 7) is 0. The van der Waals surface area contributed by atoms with Gasteiger partial charge in [-0.1, -0.05) is 12.1 Å². The van der Waals surface area contributed by atoms with Gasteiger partial charge < -0.3 is 9.51 Å². The summed E-state index contributed by atoms with van der Waals surface area (Å²) in [5.41, 5.74) is 3.82. The summed E-state index contributed by atoms with van der Waals surface area (Å²) in [5.74, 6) is -0.211. The minimum Gasteiger partial charge on any atom is -0.387 e. The average Bonchev–Trinajstić information content (AvgIpc) is 3.43. The number of hydrogen-bond acceptors (Lipinski definition) is 2. The maximum Gasteiger partial charge on any atom is 0.129 e. The van der Waals surface area contributed by atoms with Crippen molar-refractivity contribution in [2.75, 3.05) is 0 Å². The maximum absolute atomic E-state index is 14.1. The summed E-state index contributed by atoms with van der Waals surface area (Å²) >= 11 is 0. The molecule has 28 heavy (non-hydrogen) atoms. The van der Waals surface area contributed by atoms with Gasteiger partial charge in [-0.25, -0.2) is 13.8 Å². The molecule has 146 valence electrons. The summed E-state index contributed by atoms with van der Waals surface area (Å²) in [5, 5.41) is 11.3. The van der Waals surface area contributed by atoms with Crippen LogP contribution in [0, 0.1) is 17.6 Å². The third-order valence-electron chi connectivity index (χ3n) is 6.57. The number of halogens is 2. The van der Waals surface area contributed by atoms with E-state index in [9.17, 15) is 13.9 Å². The van der Waals surface area contributed by atoms with E-state index >= 15 is 0 Å². The number of benzene rings is 1. The number of pyridine rings is 1. The van der Waals surface area contributed by atoms with Crippen LogP contribution in [0.4, 0.5) is 8.78 Å². The van der Waals surface area contributed by atoms with Gasteiger partial charge >= 0.3 is 0 Å². The molecule has 5 rings (SSSR count). The van der Waals surface area contributed by atoms with Crippen molar-refractivity contribution < 1.29 is 13.9 Å². The van der Waals surface area contributed by atoms with Gasteiger partial charge in [0, 0.05) is 6.07 Å². The van der Waals surface area contributed by atoms with Crippen molar-refractivity contribution in [3.8, 4) is 0 Å². The quantitative estimate of drug-likeness (QED) is 0.647. The minimum atomic E-state index is -0.549. The van der Waals surface area contributed by atoms with Gasteiger partial charge in [0.15, 0.2) is 0 Å². The number of nitrogens with zero attached hydrogens (tertiary/aromatic N) is 2. The molecule has 1 N–H and O–H groups in total. The largest absolute Gasteiger partial charge is 0.387 e. The fourth-order valence-electron chi connectivity index (χ4n) is 4.88. The highest BCUT2D eigenvalue weighted by atomic mass is 19.1. The van der Waals surface area contributed by atoms with Crippen LogP contribution in [-0.2, 0) is 0 Å². The van der Waals surface area contributed by atoms with E-state index in [0.717, 1.165) is 43.0 Å². The zero-order chi connectivity index (χ0) is 19.3. The molecule has 1 aromatic carbocycles. The molecule has 2 fully saturated rings. The molecule has 2 saturated carbocycles. The highest BCUT2D eigenvalue weighted by molar-refractivity contribution is 5.50. The van der Waals surface area contributed by atoms with Crippen molar-refractivity contribution in [1.82, 2.24) is 9.38 Å². The summed E-state index contributed by atoms with van der Waals surface area (Å²) in [6, 6.07) is 8.10. The molecule has 0 spiro atoms. The van der Waals surface area contributed by atoms with Crippen LogP contribution < -0.4 is 0 Å². The van der Waals surface area contributed by atoms with E-state index in [4.69, 9.17) is 0 Å². The normalized spacial score (nSPS) is 23.8. The van der Waals surface area contributed by atoms with Crippen LogP contribution in [0.5, 0.6) is 0 Å². The number of hydrogen-bond donors (Lipinski definition) is 1. The first-order valence-corrected chi connectivity index (χ1v) is 10.2. The van der Waals surface area contributed by atoms with Crippen LogP contribution in [0.2, 0.25) is 0 Å². The Labute approximate surface area is 163 Å². The lowest BCUT2D eigenvalue weighted by molar-refractivity contribution is 0.0752. The van der Waals surface area contributed by atoms with Crippen molar-refractivity contribution in [3.05, 3.63) is 71.3 Å². The summed E-state index contributed by atoms with van der Waals surface area (Å²) < 4.78 is 29.4. The summed E-state index contributed by atoms with van der Waals surface area (Å²) in [7, 11) is 0. The third kappa shape index (κ3) is 3.12. The second kappa shape index (κ2) is 6.96. The van der Waals surface area contributed by atoms with Crippen molar-refractivity contribution in [1.29, 1.82) is 0 Å². The monoisotopic (exact) mass is 382 g/mol. The lowest BCUT2D eigenvalue weighted by Gasteiger charge is -2.33. The number of imidazole rings is 1. The fraction of sp³-hybridized carbons (Fsp3) is 0.435. The molecule has 0 aliphatic heterocycles. The highest BCUT2D eigenvalue weighted by Crippen LogP contribution is 2.47. The van der Waals surface area contributed by atoms with Crippen LogP contribution in [-0.4, -0.2) is 14.5 Å². The van der Waals surface area contributed by atoms with Crippen molar-refractivity contribution in [2.45, 2.75) is 56.5 Å². The van der Waals surface area contributed by atoms with E-state index in [2.05, 4.69) is 17.1 Å². The lowest BCUT2D eigenvalue weighted by Crippen LogP contribution is -2.22. The van der Waals surface area contributed by atoms with Gasteiger partial charge in [0.05, 0.1) is 29.8 Å². The van der Waals surface area contributed by atoms with Crippen LogP contribution in [0.25, 0.3) is 5.52 Å². The molecule has 0 saturated heterocycles. The Kier molecular flexibility index (Phi) is 4.43. The first-order chi connectivity index (χ1) is 13.6. The zero-order valence-electron chi connectivity index (χ0n) is 15.7. The van der Waals surface area contributed by atoms with Crippen LogP contribution >= 0.6 is 0 Å². The van der Waals surface area contributed by atoms with Crippen molar-refractivity contribution in [3.63, 3.8) is 0 Å². The number of aliphatic hydroxyl groups is 1. The van der Waals surface area contributed by atoms with Crippen LogP contribution in [0.1, 0.15) is 73.3 Å². The van der Waals surface area contributed by atoms with E-state index in [1.165, 1.54) is 24.5 Å². The molecule has 0 amide bonds. The van der Waals surface area contributed by atoms with Gasteiger partial charge in [-0.3, -0.25) is 0 Å². The second-order valence-electron chi connectivity index (χ2n) is 8.36. The lowest BCUT2D eigenvalue weighted by atomic mass is 9.75. The SMILES string of the molecule is O[C@@H](c1c(C2CC2)ccc2cncn12)C1CCC(c2ccc(F)cc2F)CC1. The van der Waals surface area contributed by atoms with Gasteiger partial charge in [0.2, 0.25) is 0 Å². The number of aliphatic hydroxyl groups excluding tert-OH is 1.